The molecule has 0 aromatic heterocycles. The van der Waals surface area contributed by atoms with Crippen molar-refractivity contribution in [3.05, 3.63) is 70.8 Å². The molecule has 0 radical (unpaired) electrons. The number of hydrogen-bond acceptors (Lipinski definition) is 2. The SMILES string of the molecule is CCc1ccccc1C(=O)NCC(Cc1cccc(C)c1)C(=O)O. The summed E-state index contributed by atoms with van der Waals surface area (Å²) in [6, 6.07) is 15.2. The van der Waals surface area contributed by atoms with Crippen molar-refractivity contribution in [3.8, 4) is 0 Å². The Morgan fingerprint density at radius 2 is 1.88 bits per heavy atom. The highest BCUT2D eigenvalue weighted by atomic mass is 16.4. The zero-order valence-electron chi connectivity index (χ0n) is 14.1. The Morgan fingerprint density at radius 3 is 2.54 bits per heavy atom. The lowest BCUT2D eigenvalue weighted by atomic mass is 9.98. The molecule has 0 aliphatic heterocycles. The largest absolute Gasteiger partial charge is 0.481 e. The monoisotopic (exact) mass is 325 g/mol. The quantitative estimate of drug-likeness (QED) is 0.821. The molecule has 0 fully saturated rings. The number of amides is 1. The van der Waals surface area contributed by atoms with E-state index in [1.54, 1.807) is 6.07 Å². The highest BCUT2D eigenvalue weighted by molar-refractivity contribution is 5.95. The molecule has 4 nitrogen and oxygen atoms in total. The van der Waals surface area contributed by atoms with Crippen molar-refractivity contribution < 1.29 is 14.7 Å². The molecule has 2 rings (SSSR count). The minimum Gasteiger partial charge on any atom is -0.481 e. The van der Waals surface area contributed by atoms with Gasteiger partial charge in [-0.2, -0.15) is 0 Å². The number of hydrogen-bond donors (Lipinski definition) is 2. The highest BCUT2D eigenvalue weighted by Gasteiger charge is 2.20. The number of rotatable bonds is 7. The van der Waals surface area contributed by atoms with Crippen molar-refractivity contribution in [2.75, 3.05) is 6.54 Å². The molecular formula is C20H23NO3. The fourth-order valence-electron chi connectivity index (χ4n) is 2.73. The van der Waals surface area contributed by atoms with Crippen LogP contribution in [-0.2, 0) is 17.6 Å². The molecule has 0 saturated carbocycles. The summed E-state index contributed by atoms with van der Waals surface area (Å²) >= 11 is 0. The molecule has 2 N–H and O–H groups in total. The lowest BCUT2D eigenvalue weighted by Gasteiger charge is -2.15. The molecule has 0 aliphatic rings. The molecule has 0 aliphatic carbocycles. The van der Waals surface area contributed by atoms with Crippen LogP contribution in [-0.4, -0.2) is 23.5 Å². The number of benzene rings is 2. The third kappa shape index (κ3) is 4.69. The Labute approximate surface area is 142 Å². The van der Waals surface area contributed by atoms with Gasteiger partial charge in [0.05, 0.1) is 5.92 Å². The molecular weight excluding hydrogens is 302 g/mol. The van der Waals surface area contributed by atoms with Crippen LogP contribution in [0.1, 0.15) is 34.0 Å². The first-order valence-electron chi connectivity index (χ1n) is 8.15. The predicted octanol–water partition coefficient (Wildman–Crippen LogP) is 3.23. The van der Waals surface area contributed by atoms with Gasteiger partial charge in [0.1, 0.15) is 0 Å². The molecule has 0 heterocycles. The van der Waals surface area contributed by atoms with Crippen LogP contribution in [0.15, 0.2) is 48.5 Å². The number of nitrogens with one attached hydrogen (secondary N) is 1. The Bertz CT molecular complexity index is 724. The summed E-state index contributed by atoms with van der Waals surface area (Å²) in [4.78, 5) is 23.9. The average molecular weight is 325 g/mol. The van der Waals surface area contributed by atoms with E-state index < -0.39 is 11.9 Å². The molecule has 0 bridgehead atoms. The second-order valence-corrected chi connectivity index (χ2v) is 5.95. The minimum atomic E-state index is -0.902. The van der Waals surface area contributed by atoms with Crippen LogP contribution >= 0.6 is 0 Å². The molecule has 1 unspecified atom stereocenters. The summed E-state index contributed by atoms with van der Waals surface area (Å²) in [5, 5.41) is 12.2. The zero-order chi connectivity index (χ0) is 17.5. The van der Waals surface area contributed by atoms with Crippen molar-refractivity contribution in [3.63, 3.8) is 0 Å². The van der Waals surface area contributed by atoms with E-state index in [1.165, 1.54) is 0 Å². The van der Waals surface area contributed by atoms with Gasteiger partial charge in [0, 0.05) is 12.1 Å². The van der Waals surface area contributed by atoms with Gasteiger partial charge < -0.3 is 10.4 Å². The lowest BCUT2D eigenvalue weighted by Crippen LogP contribution is -2.34. The lowest BCUT2D eigenvalue weighted by molar-refractivity contribution is -0.141. The minimum absolute atomic E-state index is 0.111. The van der Waals surface area contributed by atoms with E-state index in [9.17, 15) is 14.7 Å². The van der Waals surface area contributed by atoms with Crippen LogP contribution in [0, 0.1) is 12.8 Å². The molecule has 0 spiro atoms. The van der Waals surface area contributed by atoms with Crippen LogP contribution in [0.4, 0.5) is 0 Å². The summed E-state index contributed by atoms with van der Waals surface area (Å²) in [6.07, 6.45) is 1.15. The van der Waals surface area contributed by atoms with E-state index >= 15 is 0 Å². The standard InChI is InChI=1S/C20H23NO3/c1-3-16-9-4-5-10-18(16)19(22)21-13-17(20(23)24)12-15-8-6-7-14(2)11-15/h4-11,17H,3,12-13H2,1-2H3,(H,21,22)(H,23,24). The fraction of sp³-hybridized carbons (Fsp3) is 0.300. The van der Waals surface area contributed by atoms with Crippen LogP contribution in [0.25, 0.3) is 0 Å². The number of carboxylic acids is 1. The van der Waals surface area contributed by atoms with Gasteiger partial charge in [-0.25, -0.2) is 0 Å². The van der Waals surface area contributed by atoms with E-state index in [2.05, 4.69) is 5.32 Å². The van der Waals surface area contributed by atoms with Crippen molar-refractivity contribution >= 4 is 11.9 Å². The molecule has 1 atom stereocenters. The van der Waals surface area contributed by atoms with Crippen LogP contribution in [0.3, 0.4) is 0 Å². The van der Waals surface area contributed by atoms with Crippen LogP contribution < -0.4 is 5.32 Å². The van der Waals surface area contributed by atoms with Gasteiger partial charge in [-0.05, 0) is 37.0 Å². The van der Waals surface area contributed by atoms with E-state index in [4.69, 9.17) is 0 Å². The number of aryl methyl sites for hydroxylation is 2. The number of aliphatic carboxylic acids is 1. The van der Waals surface area contributed by atoms with E-state index in [0.717, 1.165) is 23.1 Å². The Balaban J connectivity index is 2.03. The van der Waals surface area contributed by atoms with Gasteiger partial charge in [-0.15, -0.1) is 0 Å². The van der Waals surface area contributed by atoms with E-state index in [0.29, 0.717) is 12.0 Å². The maximum atomic E-state index is 12.4. The number of carboxylic acid groups (broad SMARTS) is 1. The zero-order valence-corrected chi connectivity index (χ0v) is 14.1. The second kappa shape index (κ2) is 8.29. The molecule has 0 saturated heterocycles. The highest BCUT2D eigenvalue weighted by Crippen LogP contribution is 2.12. The average Bonchev–Trinajstić information content (AvgIpc) is 2.58. The summed E-state index contributed by atoms with van der Waals surface area (Å²) in [5.74, 6) is -1.77. The van der Waals surface area contributed by atoms with E-state index in [-0.39, 0.29) is 12.5 Å². The van der Waals surface area contributed by atoms with Crippen LogP contribution in [0.2, 0.25) is 0 Å². The van der Waals surface area contributed by atoms with Crippen molar-refractivity contribution in [2.24, 2.45) is 5.92 Å². The van der Waals surface area contributed by atoms with Gasteiger partial charge in [0.25, 0.3) is 5.91 Å². The third-order valence-electron chi connectivity index (χ3n) is 4.07. The number of carbonyl (C=O) groups excluding carboxylic acids is 1. The van der Waals surface area contributed by atoms with Crippen molar-refractivity contribution in [1.29, 1.82) is 0 Å². The smallest absolute Gasteiger partial charge is 0.308 e. The molecule has 2 aromatic rings. The van der Waals surface area contributed by atoms with Gasteiger partial charge >= 0.3 is 5.97 Å². The molecule has 126 valence electrons. The first-order chi connectivity index (χ1) is 11.5. The summed E-state index contributed by atoms with van der Waals surface area (Å²) in [6.45, 7) is 4.08. The van der Waals surface area contributed by atoms with Gasteiger partial charge in [0.15, 0.2) is 0 Å². The van der Waals surface area contributed by atoms with E-state index in [1.807, 2.05) is 56.3 Å². The Morgan fingerprint density at radius 1 is 1.12 bits per heavy atom. The van der Waals surface area contributed by atoms with Crippen molar-refractivity contribution in [1.82, 2.24) is 5.32 Å². The first kappa shape index (κ1) is 17.7. The Hall–Kier alpha value is -2.62. The molecule has 4 heteroatoms. The topological polar surface area (TPSA) is 66.4 Å². The predicted molar refractivity (Wildman–Crippen MR) is 94.2 cm³/mol. The second-order valence-electron chi connectivity index (χ2n) is 5.95. The summed E-state index contributed by atoms with van der Waals surface area (Å²) < 4.78 is 0. The fourth-order valence-corrected chi connectivity index (χ4v) is 2.73. The molecule has 24 heavy (non-hydrogen) atoms. The van der Waals surface area contributed by atoms with Gasteiger partial charge in [-0.3, -0.25) is 9.59 Å². The maximum absolute atomic E-state index is 12.4. The molecule has 2 aromatic carbocycles. The van der Waals surface area contributed by atoms with Crippen molar-refractivity contribution in [2.45, 2.75) is 26.7 Å². The summed E-state index contributed by atoms with van der Waals surface area (Å²) in [7, 11) is 0. The normalized spacial score (nSPS) is 11.8. The maximum Gasteiger partial charge on any atom is 0.308 e. The van der Waals surface area contributed by atoms with Crippen LogP contribution in [0.5, 0.6) is 0 Å². The van der Waals surface area contributed by atoms with Gasteiger partial charge in [-0.1, -0.05) is 55.0 Å². The third-order valence-corrected chi connectivity index (χ3v) is 4.07. The number of carbonyl (C=O) groups is 2. The summed E-state index contributed by atoms with van der Waals surface area (Å²) in [5.41, 5.74) is 3.63. The van der Waals surface area contributed by atoms with Gasteiger partial charge in [0.2, 0.25) is 0 Å². The molecule has 1 amide bonds. The Kier molecular flexibility index (Phi) is 6.13. The first-order valence-corrected chi connectivity index (χ1v) is 8.15.